The molecule has 55 valence electrons. The van der Waals surface area contributed by atoms with E-state index in [1.165, 1.54) is 0 Å². The Balaban J connectivity index is 2.27. The van der Waals surface area contributed by atoms with Crippen LogP contribution in [0.4, 0.5) is 0 Å². The van der Waals surface area contributed by atoms with Gasteiger partial charge in [-0.3, -0.25) is 0 Å². The normalized spacial score (nSPS) is 15.8. The van der Waals surface area contributed by atoms with Crippen LogP contribution < -0.4 is 5.43 Å². The molecule has 1 aliphatic rings. The monoisotopic (exact) mass is 159 g/mol. The fourth-order valence-electron chi connectivity index (χ4n) is 0.578. The highest BCUT2D eigenvalue weighted by Gasteiger charge is 2.05. The van der Waals surface area contributed by atoms with Gasteiger partial charge in [-0.25, -0.2) is 0 Å². The van der Waals surface area contributed by atoms with E-state index in [0.717, 1.165) is 5.71 Å². The predicted octanol–water partition coefficient (Wildman–Crippen LogP) is 1.08. The molecule has 1 radical (unpaired) electrons. The summed E-state index contributed by atoms with van der Waals surface area (Å²) >= 11 is 5.39. The molecular formula is C6H8ClN2O. The van der Waals surface area contributed by atoms with Gasteiger partial charge in [0.25, 0.3) is 0 Å². The summed E-state index contributed by atoms with van der Waals surface area (Å²) in [6.45, 7) is 2.35. The Morgan fingerprint density at radius 3 is 3.00 bits per heavy atom. The maximum atomic E-state index is 5.39. The number of allylic oxidation sites excluding steroid dienone is 1. The zero-order valence-corrected chi connectivity index (χ0v) is 6.43. The zero-order chi connectivity index (χ0) is 7.40. The van der Waals surface area contributed by atoms with Crippen molar-refractivity contribution >= 4 is 17.3 Å². The molecule has 1 rings (SSSR count). The predicted molar refractivity (Wildman–Crippen MR) is 40.0 cm³/mol. The minimum absolute atomic E-state index is 0.478. The number of alkyl halides is 1. The molecule has 0 aromatic rings. The summed E-state index contributed by atoms with van der Waals surface area (Å²) < 4.78 is 5.07. The van der Waals surface area contributed by atoms with E-state index in [-0.39, 0.29) is 0 Å². The molecule has 1 aliphatic heterocycles. The Morgan fingerprint density at radius 1 is 1.70 bits per heavy atom. The van der Waals surface area contributed by atoms with Crippen LogP contribution in [-0.4, -0.2) is 18.2 Å². The number of halogens is 1. The molecule has 0 saturated carbocycles. The molecule has 0 unspecified atom stereocenters. The van der Waals surface area contributed by atoms with Gasteiger partial charge in [0, 0.05) is 6.08 Å². The maximum absolute atomic E-state index is 5.39. The van der Waals surface area contributed by atoms with E-state index in [4.69, 9.17) is 16.3 Å². The van der Waals surface area contributed by atoms with Gasteiger partial charge in [-0.1, -0.05) is 0 Å². The summed E-state index contributed by atoms with van der Waals surface area (Å²) in [7, 11) is 0. The summed E-state index contributed by atoms with van der Waals surface area (Å²) in [6.07, 6.45) is 1.77. The standard InChI is InChI=1S/C6H8ClN2O/c1-5-4-6(9-8-5)10-3-2-7/h4H,2-3H2,1H3. The van der Waals surface area contributed by atoms with Crippen molar-refractivity contribution in [2.24, 2.45) is 5.10 Å². The van der Waals surface area contributed by atoms with Gasteiger partial charge in [0.05, 0.1) is 11.6 Å². The van der Waals surface area contributed by atoms with Crippen LogP contribution in [0.1, 0.15) is 6.92 Å². The molecule has 4 heteroatoms. The summed E-state index contributed by atoms with van der Waals surface area (Å²) in [4.78, 5) is 0. The lowest BCUT2D eigenvalue weighted by Crippen LogP contribution is -2.00. The average Bonchev–Trinajstić information content (AvgIpc) is 2.31. The second kappa shape index (κ2) is 3.46. The van der Waals surface area contributed by atoms with Gasteiger partial charge in [0.15, 0.2) is 0 Å². The lowest BCUT2D eigenvalue weighted by atomic mass is 10.4. The fraction of sp³-hybridized carbons (Fsp3) is 0.500. The zero-order valence-electron chi connectivity index (χ0n) is 5.67. The Morgan fingerprint density at radius 2 is 2.50 bits per heavy atom. The van der Waals surface area contributed by atoms with Crippen LogP contribution in [0.15, 0.2) is 17.1 Å². The highest BCUT2D eigenvalue weighted by atomic mass is 35.5. The van der Waals surface area contributed by atoms with Crippen molar-refractivity contribution in [1.29, 1.82) is 0 Å². The van der Waals surface area contributed by atoms with Gasteiger partial charge in [0.2, 0.25) is 5.88 Å². The summed E-state index contributed by atoms with van der Waals surface area (Å²) in [5.74, 6) is 1.03. The van der Waals surface area contributed by atoms with E-state index in [9.17, 15) is 0 Å². The van der Waals surface area contributed by atoms with E-state index < -0.39 is 0 Å². The van der Waals surface area contributed by atoms with Gasteiger partial charge < -0.3 is 4.74 Å². The van der Waals surface area contributed by atoms with Crippen LogP contribution in [0.2, 0.25) is 0 Å². The third-order valence-electron chi connectivity index (χ3n) is 0.966. The molecule has 0 saturated heterocycles. The Labute approximate surface area is 64.7 Å². The van der Waals surface area contributed by atoms with E-state index in [0.29, 0.717) is 18.4 Å². The van der Waals surface area contributed by atoms with Crippen LogP contribution in [0.3, 0.4) is 0 Å². The molecule has 1 heterocycles. The molecule has 0 N–H and O–H groups in total. The first-order valence-electron chi connectivity index (χ1n) is 2.98. The number of ether oxygens (including phenoxy) is 1. The lowest BCUT2D eigenvalue weighted by Gasteiger charge is -1.99. The largest absolute Gasteiger partial charge is 0.475 e. The molecule has 0 aliphatic carbocycles. The van der Waals surface area contributed by atoms with Crippen molar-refractivity contribution in [2.45, 2.75) is 6.92 Å². The van der Waals surface area contributed by atoms with Gasteiger partial charge in [-0.15, -0.1) is 17.0 Å². The van der Waals surface area contributed by atoms with Crippen molar-refractivity contribution in [3.8, 4) is 0 Å². The Kier molecular flexibility index (Phi) is 2.57. The molecular weight excluding hydrogens is 152 g/mol. The first-order valence-corrected chi connectivity index (χ1v) is 3.52. The van der Waals surface area contributed by atoms with Crippen molar-refractivity contribution < 1.29 is 4.74 Å². The minimum atomic E-state index is 0.478. The van der Waals surface area contributed by atoms with Crippen LogP contribution in [0, 0.1) is 0 Å². The Hall–Kier alpha value is -0.700. The molecule has 0 aromatic carbocycles. The number of hydrogen-bond donors (Lipinski definition) is 0. The van der Waals surface area contributed by atoms with Crippen LogP contribution in [-0.2, 0) is 4.74 Å². The van der Waals surface area contributed by atoms with E-state index >= 15 is 0 Å². The molecule has 0 spiro atoms. The smallest absolute Gasteiger partial charge is 0.235 e. The van der Waals surface area contributed by atoms with Crippen molar-refractivity contribution in [3.63, 3.8) is 0 Å². The maximum Gasteiger partial charge on any atom is 0.235 e. The summed E-state index contributed by atoms with van der Waals surface area (Å²) in [5, 5.41) is 3.75. The van der Waals surface area contributed by atoms with Gasteiger partial charge >= 0.3 is 0 Å². The van der Waals surface area contributed by atoms with Gasteiger partial charge in [-0.2, -0.15) is 5.10 Å². The van der Waals surface area contributed by atoms with Crippen LogP contribution in [0.25, 0.3) is 0 Å². The third kappa shape index (κ3) is 1.92. The average molecular weight is 160 g/mol. The topological polar surface area (TPSA) is 35.7 Å². The second-order valence-corrected chi connectivity index (χ2v) is 2.24. The van der Waals surface area contributed by atoms with Crippen LogP contribution in [0.5, 0.6) is 0 Å². The van der Waals surface area contributed by atoms with E-state index in [1.54, 1.807) is 6.08 Å². The molecule has 0 bridgehead atoms. The van der Waals surface area contributed by atoms with Gasteiger partial charge in [-0.05, 0) is 6.92 Å². The highest BCUT2D eigenvalue weighted by molar-refractivity contribution is 6.17. The molecule has 0 aromatic heterocycles. The fourth-order valence-corrected chi connectivity index (χ4v) is 0.655. The van der Waals surface area contributed by atoms with Crippen molar-refractivity contribution in [3.05, 3.63) is 12.0 Å². The van der Waals surface area contributed by atoms with E-state index in [1.807, 2.05) is 6.92 Å². The third-order valence-corrected chi connectivity index (χ3v) is 1.12. The molecule has 0 fully saturated rings. The van der Waals surface area contributed by atoms with Gasteiger partial charge in [0.1, 0.15) is 6.61 Å². The Bertz CT molecular complexity index is 177. The first-order chi connectivity index (χ1) is 4.83. The quantitative estimate of drug-likeness (QED) is 0.568. The number of hydrogen-bond acceptors (Lipinski definition) is 2. The first kappa shape index (κ1) is 7.41. The van der Waals surface area contributed by atoms with Crippen molar-refractivity contribution in [1.82, 2.24) is 5.43 Å². The summed E-state index contributed by atoms with van der Waals surface area (Å²) in [6, 6.07) is 0. The number of rotatable bonds is 3. The number of nitrogens with zero attached hydrogens (tertiary/aromatic N) is 2. The summed E-state index contributed by atoms with van der Waals surface area (Å²) in [5.41, 5.74) is 4.59. The molecule has 10 heavy (non-hydrogen) atoms. The highest BCUT2D eigenvalue weighted by Crippen LogP contribution is 2.02. The second-order valence-electron chi connectivity index (χ2n) is 1.86. The minimum Gasteiger partial charge on any atom is -0.475 e. The van der Waals surface area contributed by atoms with Crippen molar-refractivity contribution in [2.75, 3.05) is 12.5 Å². The lowest BCUT2D eigenvalue weighted by molar-refractivity contribution is 0.210. The SMILES string of the molecule is CC1=N[N]C(OCCCl)=C1. The molecule has 0 atom stereocenters. The molecule has 3 nitrogen and oxygen atoms in total. The van der Waals surface area contributed by atoms with Crippen LogP contribution >= 0.6 is 11.6 Å². The molecule has 0 amide bonds. The van der Waals surface area contributed by atoms with E-state index in [2.05, 4.69) is 10.5 Å².